The third-order valence-electron chi connectivity index (χ3n) is 3.51. The second kappa shape index (κ2) is 6.66. The van der Waals surface area contributed by atoms with Crippen molar-refractivity contribution in [1.82, 2.24) is 0 Å². The normalized spacial score (nSPS) is 17.7. The predicted molar refractivity (Wildman–Crippen MR) is 89.1 cm³/mol. The molecule has 0 aromatic heterocycles. The van der Waals surface area contributed by atoms with Crippen LogP contribution in [-0.2, 0) is 14.8 Å². The Bertz CT molecular complexity index is 713. The van der Waals surface area contributed by atoms with Crippen LogP contribution in [0.2, 0.25) is 0 Å². The summed E-state index contributed by atoms with van der Waals surface area (Å²) in [6.45, 7) is 4.59. The van der Waals surface area contributed by atoms with Crippen molar-refractivity contribution in [3.63, 3.8) is 0 Å². The lowest BCUT2D eigenvalue weighted by atomic mass is 10.1. The van der Waals surface area contributed by atoms with Gasteiger partial charge < -0.3 is 14.2 Å². The van der Waals surface area contributed by atoms with E-state index in [0.717, 1.165) is 6.26 Å². The highest BCUT2D eigenvalue weighted by Gasteiger charge is 2.27. The molecule has 8 heteroatoms. The van der Waals surface area contributed by atoms with Gasteiger partial charge in [-0.25, -0.2) is 13.4 Å². The van der Waals surface area contributed by atoms with Crippen LogP contribution in [0.3, 0.4) is 0 Å². The summed E-state index contributed by atoms with van der Waals surface area (Å²) in [4.78, 5) is 4.54. The average molecular weight is 342 g/mol. The van der Waals surface area contributed by atoms with Crippen molar-refractivity contribution in [2.75, 3.05) is 31.8 Å². The molecule has 128 valence electrons. The molecule has 1 atom stereocenters. The van der Waals surface area contributed by atoms with Crippen molar-refractivity contribution < 1.29 is 22.6 Å². The fraction of sp³-hybridized carbons (Fsp3) is 0.533. The van der Waals surface area contributed by atoms with Crippen LogP contribution >= 0.6 is 0 Å². The molecule has 1 aliphatic heterocycles. The zero-order chi connectivity index (χ0) is 17.2. The SMILES string of the molecule is COc1ccc(C2=N[C@@H](C(C)C)CO2)c(NS(C)(=O)=O)c1OC. The molecule has 0 spiro atoms. The van der Waals surface area contributed by atoms with E-state index in [-0.39, 0.29) is 17.5 Å². The molecular formula is C15H22N2O5S. The number of ether oxygens (including phenoxy) is 3. The van der Waals surface area contributed by atoms with Crippen molar-refractivity contribution in [2.24, 2.45) is 10.9 Å². The first-order valence-corrected chi connectivity index (χ1v) is 9.09. The molecule has 0 amide bonds. The van der Waals surface area contributed by atoms with Crippen LogP contribution in [0.15, 0.2) is 17.1 Å². The number of methoxy groups -OCH3 is 2. The Hall–Kier alpha value is -1.96. The van der Waals surface area contributed by atoms with Gasteiger partial charge in [0.05, 0.1) is 32.1 Å². The van der Waals surface area contributed by atoms with Crippen molar-refractivity contribution in [1.29, 1.82) is 0 Å². The fourth-order valence-corrected chi connectivity index (χ4v) is 2.84. The Morgan fingerprint density at radius 3 is 2.48 bits per heavy atom. The third kappa shape index (κ3) is 3.87. The zero-order valence-electron chi connectivity index (χ0n) is 13.9. The van der Waals surface area contributed by atoms with Gasteiger partial charge >= 0.3 is 0 Å². The maximum Gasteiger partial charge on any atom is 0.229 e. The van der Waals surface area contributed by atoms with Gasteiger partial charge in [0.25, 0.3) is 0 Å². The second-order valence-corrected chi connectivity index (χ2v) is 7.40. The van der Waals surface area contributed by atoms with E-state index in [9.17, 15) is 8.42 Å². The summed E-state index contributed by atoms with van der Waals surface area (Å²) in [5.74, 6) is 1.44. The van der Waals surface area contributed by atoms with Gasteiger partial charge in [-0.1, -0.05) is 13.8 Å². The van der Waals surface area contributed by atoms with Crippen molar-refractivity contribution in [2.45, 2.75) is 19.9 Å². The lowest BCUT2D eigenvalue weighted by molar-refractivity contribution is 0.291. The van der Waals surface area contributed by atoms with Crippen LogP contribution in [0.5, 0.6) is 11.5 Å². The van der Waals surface area contributed by atoms with E-state index in [2.05, 4.69) is 23.6 Å². The third-order valence-corrected chi connectivity index (χ3v) is 4.08. The van der Waals surface area contributed by atoms with E-state index in [1.54, 1.807) is 12.1 Å². The first-order valence-electron chi connectivity index (χ1n) is 7.20. The van der Waals surface area contributed by atoms with Crippen molar-refractivity contribution in [3.8, 4) is 11.5 Å². The molecule has 0 bridgehead atoms. The minimum absolute atomic E-state index is 0.0455. The average Bonchev–Trinajstić information content (AvgIpc) is 2.94. The largest absolute Gasteiger partial charge is 0.493 e. The molecule has 1 heterocycles. The van der Waals surface area contributed by atoms with E-state index in [1.165, 1.54) is 14.2 Å². The Morgan fingerprint density at radius 2 is 2.00 bits per heavy atom. The molecule has 0 aliphatic carbocycles. The Kier molecular flexibility index (Phi) is 5.03. The summed E-state index contributed by atoms with van der Waals surface area (Å²) >= 11 is 0. The van der Waals surface area contributed by atoms with Crippen LogP contribution < -0.4 is 14.2 Å². The van der Waals surface area contributed by atoms with Gasteiger partial charge in [0.15, 0.2) is 11.5 Å². The fourth-order valence-electron chi connectivity index (χ4n) is 2.27. The number of hydrogen-bond donors (Lipinski definition) is 1. The predicted octanol–water partition coefficient (Wildman–Crippen LogP) is 1.88. The van der Waals surface area contributed by atoms with Crippen LogP contribution in [0.4, 0.5) is 5.69 Å². The van der Waals surface area contributed by atoms with Gasteiger partial charge in [-0.15, -0.1) is 0 Å². The molecule has 7 nitrogen and oxygen atoms in total. The van der Waals surface area contributed by atoms with E-state index in [0.29, 0.717) is 29.7 Å². The molecule has 1 N–H and O–H groups in total. The lowest BCUT2D eigenvalue weighted by Crippen LogP contribution is -2.15. The van der Waals surface area contributed by atoms with Crippen LogP contribution in [0.1, 0.15) is 19.4 Å². The zero-order valence-corrected chi connectivity index (χ0v) is 14.7. The van der Waals surface area contributed by atoms with Gasteiger partial charge in [0, 0.05) is 0 Å². The number of aliphatic imine (C=N–C) groups is 1. The molecule has 1 aliphatic rings. The van der Waals surface area contributed by atoms with Crippen molar-refractivity contribution in [3.05, 3.63) is 17.7 Å². The van der Waals surface area contributed by atoms with Crippen molar-refractivity contribution >= 4 is 21.6 Å². The maximum absolute atomic E-state index is 11.7. The molecule has 1 aromatic carbocycles. The minimum Gasteiger partial charge on any atom is -0.493 e. The van der Waals surface area contributed by atoms with Crippen LogP contribution in [-0.4, -0.2) is 47.4 Å². The first kappa shape index (κ1) is 17.4. The standard InChI is InChI=1S/C15H22N2O5S/c1-9(2)11-8-22-15(16-11)10-6-7-12(20-3)14(21-4)13(10)17-23(5,18)19/h6-7,9,11,17H,8H2,1-5H3/t11-/m1/s1. The molecule has 1 aromatic rings. The summed E-state index contributed by atoms with van der Waals surface area (Å²) in [7, 11) is -0.579. The van der Waals surface area contributed by atoms with Crippen LogP contribution in [0.25, 0.3) is 0 Å². The number of anilines is 1. The van der Waals surface area contributed by atoms with Gasteiger partial charge in [-0.2, -0.15) is 0 Å². The number of nitrogens with zero attached hydrogens (tertiary/aromatic N) is 1. The molecule has 0 saturated carbocycles. The van der Waals surface area contributed by atoms with E-state index < -0.39 is 10.0 Å². The quantitative estimate of drug-likeness (QED) is 0.853. The lowest BCUT2D eigenvalue weighted by Gasteiger charge is -2.17. The smallest absolute Gasteiger partial charge is 0.229 e. The molecule has 23 heavy (non-hydrogen) atoms. The summed E-state index contributed by atoms with van der Waals surface area (Å²) in [6, 6.07) is 3.44. The molecule has 0 fully saturated rings. The van der Waals surface area contributed by atoms with E-state index in [4.69, 9.17) is 14.2 Å². The summed E-state index contributed by atoms with van der Waals surface area (Å²) in [5.41, 5.74) is 0.786. The highest BCUT2D eigenvalue weighted by Crippen LogP contribution is 2.39. The molecule has 2 rings (SSSR count). The summed E-state index contributed by atoms with van der Waals surface area (Å²) in [5, 5.41) is 0. The first-order chi connectivity index (χ1) is 10.8. The number of rotatable bonds is 6. The van der Waals surface area contributed by atoms with Gasteiger partial charge in [-0.05, 0) is 18.1 Å². The number of nitrogens with one attached hydrogen (secondary N) is 1. The maximum atomic E-state index is 11.7. The second-order valence-electron chi connectivity index (χ2n) is 5.65. The van der Waals surface area contributed by atoms with E-state index >= 15 is 0 Å². The molecule has 0 unspecified atom stereocenters. The van der Waals surface area contributed by atoms with Gasteiger partial charge in [0.2, 0.25) is 15.9 Å². The van der Waals surface area contributed by atoms with Crippen LogP contribution in [0, 0.1) is 5.92 Å². The number of benzene rings is 1. The monoisotopic (exact) mass is 342 g/mol. The Morgan fingerprint density at radius 1 is 1.30 bits per heavy atom. The molecular weight excluding hydrogens is 320 g/mol. The Balaban J connectivity index is 2.57. The number of sulfonamides is 1. The summed E-state index contributed by atoms with van der Waals surface area (Å²) in [6.07, 6.45) is 1.07. The highest BCUT2D eigenvalue weighted by atomic mass is 32.2. The highest BCUT2D eigenvalue weighted by molar-refractivity contribution is 7.92. The molecule has 0 saturated heterocycles. The number of hydrogen-bond acceptors (Lipinski definition) is 6. The van der Waals surface area contributed by atoms with Gasteiger partial charge in [0.1, 0.15) is 12.3 Å². The topological polar surface area (TPSA) is 86.2 Å². The minimum atomic E-state index is -3.51. The van der Waals surface area contributed by atoms with E-state index in [1.807, 2.05) is 0 Å². The van der Waals surface area contributed by atoms with Gasteiger partial charge in [-0.3, -0.25) is 4.72 Å². The molecule has 0 radical (unpaired) electrons. The Labute approximate surface area is 136 Å². The summed E-state index contributed by atoms with van der Waals surface area (Å²) < 4.78 is 42.1.